The number of piperidine rings is 2. The van der Waals surface area contributed by atoms with Crippen LogP contribution in [0, 0.1) is 16.7 Å². The number of ether oxygens (including phenoxy) is 2. The van der Waals surface area contributed by atoms with Gasteiger partial charge in [0.05, 0.1) is 0 Å². The predicted molar refractivity (Wildman–Crippen MR) is 156 cm³/mol. The van der Waals surface area contributed by atoms with E-state index in [9.17, 15) is 14.4 Å². The predicted octanol–water partition coefficient (Wildman–Crippen LogP) is 7.12. The number of hydrogen-bond acceptors (Lipinski definition) is 5. The highest BCUT2D eigenvalue weighted by molar-refractivity contribution is 5.86. The van der Waals surface area contributed by atoms with Gasteiger partial charge in [-0.05, 0) is 77.7 Å². The first-order valence-electron chi connectivity index (χ1n) is 14.3. The summed E-state index contributed by atoms with van der Waals surface area (Å²) < 4.78 is 10.8. The highest BCUT2D eigenvalue weighted by Crippen LogP contribution is 2.38. The minimum absolute atomic E-state index is 0.129. The van der Waals surface area contributed by atoms with E-state index in [1.807, 2.05) is 60.3 Å². The van der Waals surface area contributed by atoms with Crippen LogP contribution in [0.15, 0.2) is 30.3 Å². The normalized spacial score (nSPS) is 21.0. The number of amides is 2. The van der Waals surface area contributed by atoms with Crippen molar-refractivity contribution in [2.45, 2.75) is 106 Å². The summed E-state index contributed by atoms with van der Waals surface area (Å²) in [5.41, 5.74) is 0.172. The van der Waals surface area contributed by atoms with E-state index in [0.717, 1.165) is 25.9 Å². The van der Waals surface area contributed by atoms with Gasteiger partial charge in [-0.25, -0.2) is 9.59 Å². The Hall–Kier alpha value is -2.57. The molecule has 1 atom stereocenters. The number of rotatable bonds is 3. The van der Waals surface area contributed by atoms with Crippen LogP contribution in [-0.4, -0.2) is 65.2 Å². The monoisotopic (exact) mass is 544 g/mol. The number of likely N-dealkylation sites (tertiary alicyclic amines) is 2. The fraction of sp³-hybridized carbons (Fsp3) is 0.719. The van der Waals surface area contributed by atoms with E-state index < -0.39 is 16.6 Å². The van der Waals surface area contributed by atoms with Crippen LogP contribution in [0.2, 0.25) is 0 Å². The number of aryl methyl sites for hydroxylation is 1. The summed E-state index contributed by atoms with van der Waals surface area (Å²) in [7, 11) is 0. The van der Waals surface area contributed by atoms with Crippen molar-refractivity contribution in [3.63, 3.8) is 0 Å². The van der Waals surface area contributed by atoms with Crippen molar-refractivity contribution < 1.29 is 23.9 Å². The fourth-order valence-electron chi connectivity index (χ4n) is 5.11. The molecule has 0 aliphatic carbocycles. The lowest BCUT2D eigenvalue weighted by atomic mass is 9.71. The molecule has 220 valence electrons. The molecule has 2 amide bonds. The molecule has 1 aromatic rings. The minimum Gasteiger partial charge on any atom is -0.444 e. The summed E-state index contributed by atoms with van der Waals surface area (Å²) in [5.74, 6) is 0.855. The maximum absolute atomic E-state index is 12.3. The molecule has 1 unspecified atom stereocenters. The van der Waals surface area contributed by atoms with Crippen LogP contribution in [0.25, 0.3) is 0 Å². The molecule has 0 aromatic heterocycles. The first-order chi connectivity index (χ1) is 17.8. The Morgan fingerprint density at radius 2 is 1.36 bits per heavy atom. The lowest BCUT2D eigenvalue weighted by Gasteiger charge is -2.44. The first-order valence-corrected chi connectivity index (χ1v) is 14.3. The van der Waals surface area contributed by atoms with E-state index in [1.165, 1.54) is 12.0 Å². The van der Waals surface area contributed by atoms with Crippen LogP contribution < -0.4 is 0 Å². The van der Waals surface area contributed by atoms with Gasteiger partial charge in [0.25, 0.3) is 0 Å². The molecular weight excluding hydrogens is 492 g/mol. The topological polar surface area (TPSA) is 76.1 Å². The molecule has 0 spiro atoms. The van der Waals surface area contributed by atoms with Gasteiger partial charge >= 0.3 is 12.2 Å². The Labute approximate surface area is 236 Å². The van der Waals surface area contributed by atoms with Crippen molar-refractivity contribution in [2.24, 2.45) is 16.7 Å². The molecule has 7 heteroatoms. The second-order valence-corrected chi connectivity index (χ2v) is 14.4. The van der Waals surface area contributed by atoms with Crippen molar-refractivity contribution in [3.8, 4) is 0 Å². The number of benzene rings is 1. The molecule has 1 aromatic carbocycles. The van der Waals surface area contributed by atoms with Crippen LogP contribution >= 0.6 is 0 Å². The quantitative estimate of drug-likeness (QED) is 0.405. The molecule has 0 radical (unpaired) electrons. The molecule has 0 N–H and O–H groups in total. The van der Waals surface area contributed by atoms with Crippen LogP contribution in [-0.2, 0) is 20.7 Å². The number of carbonyl (C=O) groups excluding carboxylic acids is 3. The van der Waals surface area contributed by atoms with Crippen molar-refractivity contribution >= 4 is 18.0 Å². The van der Waals surface area contributed by atoms with Crippen molar-refractivity contribution in [2.75, 3.05) is 26.2 Å². The molecule has 2 heterocycles. The van der Waals surface area contributed by atoms with Gasteiger partial charge in [-0.3, -0.25) is 4.79 Å². The van der Waals surface area contributed by atoms with Gasteiger partial charge in [0.15, 0.2) is 0 Å². The van der Waals surface area contributed by atoms with Gasteiger partial charge < -0.3 is 19.3 Å². The third kappa shape index (κ3) is 10.8. The van der Waals surface area contributed by atoms with Gasteiger partial charge in [0, 0.05) is 38.0 Å². The van der Waals surface area contributed by atoms with E-state index in [1.54, 1.807) is 4.90 Å². The van der Waals surface area contributed by atoms with E-state index in [0.29, 0.717) is 25.4 Å². The average Bonchev–Trinajstić information content (AvgIpc) is 2.78. The second kappa shape index (κ2) is 12.7. The van der Waals surface area contributed by atoms with E-state index in [4.69, 9.17) is 9.47 Å². The summed E-state index contributed by atoms with van der Waals surface area (Å²) in [6.45, 7) is 22.1. The molecule has 3 rings (SSSR count). The zero-order valence-electron chi connectivity index (χ0n) is 26.1. The van der Waals surface area contributed by atoms with Gasteiger partial charge in [-0.1, -0.05) is 58.0 Å². The highest BCUT2D eigenvalue weighted by atomic mass is 16.6. The summed E-state index contributed by atoms with van der Waals surface area (Å²) in [4.78, 5) is 39.2. The Balaban J connectivity index is 0.000000293. The maximum atomic E-state index is 12.3. The highest BCUT2D eigenvalue weighted by Gasteiger charge is 2.39. The molecule has 2 aliphatic heterocycles. The summed E-state index contributed by atoms with van der Waals surface area (Å²) >= 11 is 0. The SMILES string of the molecule is CC(C)(C)OC(=O)N1CCC(=O)C(C)(C)C1.CC(C)(C)OC(=O)N1CCC(CCc2ccccc2)C(C)(C)C1. The zero-order valence-corrected chi connectivity index (χ0v) is 26.1. The van der Waals surface area contributed by atoms with Crippen molar-refractivity contribution in [1.29, 1.82) is 0 Å². The molecule has 2 fully saturated rings. The van der Waals surface area contributed by atoms with Gasteiger partial charge in [-0.15, -0.1) is 0 Å². The van der Waals surface area contributed by atoms with Crippen molar-refractivity contribution in [1.82, 2.24) is 9.80 Å². The maximum Gasteiger partial charge on any atom is 0.410 e. The van der Waals surface area contributed by atoms with Crippen molar-refractivity contribution in [3.05, 3.63) is 35.9 Å². The molecule has 0 saturated carbocycles. The van der Waals surface area contributed by atoms with Crippen LogP contribution in [0.4, 0.5) is 9.59 Å². The second-order valence-electron chi connectivity index (χ2n) is 14.4. The van der Waals surface area contributed by atoms with E-state index in [2.05, 4.69) is 44.2 Å². The molecule has 2 saturated heterocycles. The molecule has 39 heavy (non-hydrogen) atoms. The smallest absolute Gasteiger partial charge is 0.410 e. The zero-order chi connectivity index (χ0) is 29.6. The largest absolute Gasteiger partial charge is 0.444 e. The van der Waals surface area contributed by atoms with Gasteiger partial charge in [0.2, 0.25) is 0 Å². The third-order valence-corrected chi connectivity index (χ3v) is 7.33. The third-order valence-electron chi connectivity index (χ3n) is 7.33. The van der Waals surface area contributed by atoms with Gasteiger partial charge in [0.1, 0.15) is 17.0 Å². The molecule has 2 aliphatic rings. The summed E-state index contributed by atoms with van der Waals surface area (Å²) in [6.07, 6.45) is 3.27. The number of ketones is 1. The number of nitrogens with zero attached hydrogens (tertiary/aromatic N) is 2. The Morgan fingerprint density at radius 1 is 0.846 bits per heavy atom. The Kier molecular flexibility index (Phi) is 10.7. The number of hydrogen-bond donors (Lipinski definition) is 0. The average molecular weight is 545 g/mol. The molecular formula is C32H52N2O5. The Bertz CT molecular complexity index is 973. The van der Waals surface area contributed by atoms with Crippen LogP contribution in [0.1, 0.15) is 94.1 Å². The van der Waals surface area contributed by atoms with Crippen LogP contribution in [0.5, 0.6) is 0 Å². The minimum atomic E-state index is -0.483. The summed E-state index contributed by atoms with van der Waals surface area (Å²) in [6, 6.07) is 10.7. The Morgan fingerprint density at radius 3 is 1.82 bits per heavy atom. The van der Waals surface area contributed by atoms with E-state index >= 15 is 0 Å². The molecule has 7 nitrogen and oxygen atoms in total. The fourth-order valence-corrected chi connectivity index (χ4v) is 5.11. The first kappa shape index (κ1) is 32.6. The lowest BCUT2D eigenvalue weighted by molar-refractivity contribution is -0.131. The molecule has 0 bridgehead atoms. The number of Topliss-reactive ketones (excluding diaryl/α,β-unsaturated/α-hetero) is 1. The summed E-state index contributed by atoms with van der Waals surface area (Å²) in [5, 5.41) is 0. The standard InChI is InChI=1S/C20H31NO2.C12H21NO3/c1-19(2,3)23-18(22)21-14-13-17(20(4,5)15-21)12-11-16-9-7-6-8-10-16;1-11(2,3)16-10(15)13-7-6-9(14)12(4,5)8-13/h6-10,17H,11-15H2,1-5H3;6-8H2,1-5H3. The lowest BCUT2D eigenvalue weighted by Crippen LogP contribution is -2.49. The van der Waals surface area contributed by atoms with Gasteiger partial charge in [-0.2, -0.15) is 0 Å². The number of carbonyl (C=O) groups is 3. The van der Waals surface area contributed by atoms with E-state index in [-0.39, 0.29) is 23.4 Å². The van der Waals surface area contributed by atoms with Crippen LogP contribution in [0.3, 0.4) is 0 Å².